The van der Waals surface area contributed by atoms with Crippen molar-refractivity contribution in [3.05, 3.63) is 184 Å². The molecule has 0 saturated carbocycles. The van der Waals surface area contributed by atoms with Crippen LogP contribution in [0.2, 0.25) is 6.32 Å². The van der Waals surface area contributed by atoms with Crippen LogP contribution in [0.4, 0.5) is 11.5 Å². The molecule has 356 valence electrons. The number of imidazole rings is 1. The molecule has 0 saturated heterocycles. The Bertz CT molecular complexity index is 3740. The van der Waals surface area contributed by atoms with Crippen LogP contribution in [0.5, 0.6) is 11.5 Å². The van der Waals surface area contributed by atoms with E-state index in [1.807, 2.05) is 67.0 Å². The number of para-hydroxylation sites is 2. The number of benzene rings is 6. The first-order valence-corrected chi connectivity index (χ1v) is 25.2. The fourth-order valence-electron chi connectivity index (χ4n) is 9.42. The second-order valence-electron chi connectivity index (χ2n) is 21.4. The molecule has 0 bridgehead atoms. The average Bonchev–Trinajstić information content (AvgIpc) is 3.98. The molecule has 0 atom stereocenters. The van der Waals surface area contributed by atoms with E-state index in [2.05, 4.69) is 175 Å². The summed E-state index contributed by atoms with van der Waals surface area (Å²) in [6.45, 7) is 23.9. The van der Waals surface area contributed by atoms with E-state index in [1.165, 1.54) is 0 Å². The van der Waals surface area contributed by atoms with Gasteiger partial charge in [0.05, 0.1) is 0 Å². The van der Waals surface area contributed by atoms with Gasteiger partial charge in [-0.1, -0.05) is 13.3 Å². The summed E-state index contributed by atoms with van der Waals surface area (Å²) in [4.78, 5) is 7.06. The van der Waals surface area contributed by atoms with Crippen molar-refractivity contribution in [1.82, 2.24) is 23.8 Å². The summed E-state index contributed by atoms with van der Waals surface area (Å²) in [6.07, 6.45) is 5.47. The summed E-state index contributed by atoms with van der Waals surface area (Å²) in [7, 11) is 0. The minimum absolute atomic E-state index is 0.117. The maximum atomic E-state index is 9.49. The number of fused-ring (bicyclic) bond motifs is 4. The molecule has 0 spiro atoms. The maximum absolute atomic E-state index is 9.49. The van der Waals surface area contributed by atoms with Crippen LogP contribution < -0.4 is 9.55 Å². The molecule has 1 aliphatic heterocycles. The van der Waals surface area contributed by atoms with Gasteiger partial charge in [-0.25, -0.2) is 0 Å². The normalized spacial score (nSPS) is 13.9. The Morgan fingerprint density at radius 1 is 0.657 bits per heavy atom. The van der Waals surface area contributed by atoms with E-state index in [-0.39, 0.29) is 47.5 Å². The van der Waals surface area contributed by atoms with E-state index in [1.54, 1.807) is 0 Å². The molecule has 0 unspecified atom stereocenters. The number of hydrogen-bond acceptors (Lipinski definition) is 4. The molecule has 4 heterocycles. The van der Waals surface area contributed by atoms with Crippen molar-refractivity contribution in [3.8, 4) is 56.4 Å². The van der Waals surface area contributed by atoms with Crippen LogP contribution in [-0.4, -0.2) is 30.8 Å². The molecule has 9 aromatic rings. The second kappa shape index (κ2) is 18.0. The van der Waals surface area contributed by atoms with Crippen molar-refractivity contribution in [2.45, 2.75) is 105 Å². The molecule has 0 radical (unpaired) electrons. The number of hydrogen-bond donors (Lipinski definition) is 0. The van der Waals surface area contributed by atoms with Gasteiger partial charge in [-0.15, -0.1) is 0 Å². The van der Waals surface area contributed by atoms with Crippen LogP contribution in [0.1, 0.15) is 105 Å². The van der Waals surface area contributed by atoms with Gasteiger partial charge < -0.3 is 0 Å². The molecule has 10 rings (SSSR count). The molecule has 1 aliphatic rings. The van der Waals surface area contributed by atoms with Gasteiger partial charge in [0.25, 0.3) is 0 Å². The Morgan fingerprint density at radius 2 is 1.30 bits per heavy atom. The molecule has 9 heteroatoms. The van der Waals surface area contributed by atoms with E-state index < -0.39 is 11.5 Å². The second-order valence-corrected chi connectivity index (χ2v) is 22.5. The van der Waals surface area contributed by atoms with Gasteiger partial charge in [-0.05, 0) is 18.6 Å². The summed E-state index contributed by atoms with van der Waals surface area (Å²) in [5, 5.41) is 4.78. The number of ether oxygens (including phenoxy) is 1. The van der Waals surface area contributed by atoms with Gasteiger partial charge in [0.1, 0.15) is 0 Å². The molecule has 0 fully saturated rings. The van der Waals surface area contributed by atoms with E-state index in [0.717, 1.165) is 83.7 Å². The van der Waals surface area contributed by atoms with Gasteiger partial charge in [0.2, 0.25) is 0 Å². The van der Waals surface area contributed by atoms with Crippen LogP contribution in [0.25, 0.3) is 55.9 Å². The third-order valence-electron chi connectivity index (χ3n) is 13.2. The first kappa shape index (κ1) is 41.3. The van der Waals surface area contributed by atoms with Gasteiger partial charge >= 0.3 is 385 Å². The summed E-state index contributed by atoms with van der Waals surface area (Å²) < 4.78 is 59.4. The summed E-state index contributed by atoms with van der Waals surface area (Å²) in [5.41, 5.74) is 12.0. The monoisotopic (exact) mass is 1100 g/mol. The zero-order chi connectivity index (χ0) is 53.6. The number of aryl methyl sites for hydroxylation is 1. The van der Waals surface area contributed by atoms with Crippen molar-refractivity contribution in [3.63, 3.8) is 0 Å². The Kier molecular flexibility index (Phi) is 10.6. The molecular weight excluding hydrogens is 1040 g/mol. The zero-order valence-corrected chi connectivity index (χ0v) is 44.1. The Morgan fingerprint density at radius 3 is 1.96 bits per heavy atom. The first-order chi connectivity index (χ1) is 35.5. The molecule has 0 aliphatic carbocycles. The van der Waals surface area contributed by atoms with Crippen molar-refractivity contribution in [2.24, 2.45) is 0 Å². The SMILES string of the molecule is [2H]c1c([2H])c([2H])c(-c2cc(C(C)(C)C)cc(-c3cc(C(C)(C)C)cc(C(C)(C)C)c3)c2-n2[c](=[Pt])n(-c3[c-]c(Oc4[c-]c5c(cc4)-c4ccnn4B(CCC)N5c4cc(C)ccn4)ccc3)c3ccccc32)c([2H])c1[2H]. The number of nitrogens with zero attached hydrogens (tertiary/aromatic N) is 6. The third kappa shape index (κ3) is 8.74. The van der Waals surface area contributed by atoms with E-state index >= 15 is 0 Å². The summed E-state index contributed by atoms with van der Waals surface area (Å²) in [6, 6.07) is 40.8. The first-order valence-electron chi connectivity index (χ1n) is 26.6. The number of anilines is 2. The Balaban J connectivity index is 1.20. The van der Waals surface area contributed by atoms with Crippen LogP contribution in [-0.2, 0) is 35.6 Å². The van der Waals surface area contributed by atoms with Gasteiger partial charge in [-0.3, -0.25) is 0 Å². The topological polar surface area (TPSA) is 53.0 Å². The Labute approximate surface area is 432 Å². The zero-order valence-electron chi connectivity index (χ0n) is 46.9. The summed E-state index contributed by atoms with van der Waals surface area (Å²) >= 11 is 2.37. The van der Waals surface area contributed by atoms with Crippen LogP contribution in [0.15, 0.2) is 146 Å². The molecule has 0 N–H and O–H groups in total. The fraction of sp³-hybridized carbons (Fsp3) is 0.262. The predicted molar refractivity (Wildman–Crippen MR) is 286 cm³/mol. The van der Waals surface area contributed by atoms with Crippen molar-refractivity contribution >= 4 is 29.5 Å². The van der Waals surface area contributed by atoms with E-state index in [9.17, 15) is 2.74 Å². The van der Waals surface area contributed by atoms with Crippen LogP contribution >= 0.6 is 0 Å². The number of pyridine rings is 1. The fourth-order valence-corrected chi connectivity index (χ4v) is 10.5. The Hall–Kier alpha value is -6.50. The molecule has 70 heavy (non-hydrogen) atoms. The minimum atomic E-state index is -0.437. The molecule has 0 amide bonds. The van der Waals surface area contributed by atoms with Crippen molar-refractivity contribution in [1.29, 1.82) is 0 Å². The van der Waals surface area contributed by atoms with Crippen molar-refractivity contribution in [2.75, 3.05) is 4.81 Å². The molecule has 3 aromatic heterocycles. The van der Waals surface area contributed by atoms with Crippen molar-refractivity contribution < 1.29 is 30.9 Å². The van der Waals surface area contributed by atoms with Crippen LogP contribution in [0.3, 0.4) is 0 Å². The molecule has 6 aromatic carbocycles. The van der Waals surface area contributed by atoms with Crippen LogP contribution in [0, 0.1) is 22.9 Å². The van der Waals surface area contributed by atoms with E-state index in [4.69, 9.17) is 18.9 Å². The molecular formula is C61H61BN6OPt-2. The average molecular weight is 1110 g/mol. The van der Waals surface area contributed by atoms with Gasteiger partial charge in [0.15, 0.2) is 0 Å². The number of aromatic nitrogens is 5. The standard InChI is InChI=1S/C61H61BN6O.Pt/c1-12-29-62-67(57-32-41(2)27-30-63-57)56-39-49(25-26-50(56)53-28-31-64-68(53)62)69-48-22-18-21-47(38-48)65-40-66(55-24-17-16-23-54(55)65)58-51(42-19-14-13-15-20-42)36-46(61(9,10)11)37-52(58)43-33-44(59(3,4)5)35-45(34-43)60(6,7)8;/h13-28,30-37H,12,29H2,1-11H3;/q-2;/i13D,14D,15D,19D,20D;. The molecule has 7 nitrogen and oxygen atoms in total. The quantitative estimate of drug-likeness (QED) is 0.107. The number of rotatable bonds is 9. The van der Waals surface area contributed by atoms with Gasteiger partial charge in [-0.2, -0.15) is 5.10 Å². The predicted octanol–water partition coefficient (Wildman–Crippen LogP) is 15.6. The van der Waals surface area contributed by atoms with E-state index in [0.29, 0.717) is 28.4 Å². The third-order valence-corrected chi connectivity index (χ3v) is 14.2. The van der Waals surface area contributed by atoms with Gasteiger partial charge in [0, 0.05) is 12.4 Å². The summed E-state index contributed by atoms with van der Waals surface area (Å²) in [5.74, 6) is 1.81.